The molecule has 1 aliphatic heterocycles. The van der Waals surface area contributed by atoms with Crippen LogP contribution in [0.5, 0.6) is 0 Å². The Morgan fingerprint density at radius 2 is 1.82 bits per heavy atom. The molecule has 1 saturated heterocycles. The highest BCUT2D eigenvalue weighted by Crippen LogP contribution is 2.46. The van der Waals surface area contributed by atoms with Crippen LogP contribution >= 0.6 is 0 Å². The SMILES string of the molecule is CS(=O)(=O)CCN1C(=O)CC2(CCCC2)C1=O. The molecule has 1 heterocycles. The average Bonchev–Trinajstić information content (AvgIpc) is 2.73. The molecule has 0 N–H and O–H groups in total. The molecule has 0 aromatic carbocycles. The molecule has 1 saturated carbocycles. The van der Waals surface area contributed by atoms with Crippen molar-refractivity contribution in [1.82, 2.24) is 4.90 Å². The summed E-state index contributed by atoms with van der Waals surface area (Å²) in [6.45, 7) is 0.0122. The fraction of sp³-hybridized carbons (Fsp3) is 0.818. The minimum Gasteiger partial charge on any atom is -0.281 e. The molecular formula is C11H17NO4S. The molecule has 2 aliphatic rings. The summed E-state index contributed by atoms with van der Waals surface area (Å²) in [5.74, 6) is -0.496. The summed E-state index contributed by atoms with van der Waals surface area (Å²) in [5, 5.41) is 0. The van der Waals surface area contributed by atoms with Crippen molar-refractivity contribution in [2.24, 2.45) is 5.41 Å². The van der Waals surface area contributed by atoms with Crippen molar-refractivity contribution in [3.05, 3.63) is 0 Å². The lowest BCUT2D eigenvalue weighted by molar-refractivity contribution is -0.141. The maximum Gasteiger partial charge on any atom is 0.235 e. The Kier molecular flexibility index (Phi) is 3.01. The van der Waals surface area contributed by atoms with E-state index in [9.17, 15) is 18.0 Å². The molecule has 0 atom stereocenters. The summed E-state index contributed by atoms with van der Waals surface area (Å²) in [5.41, 5.74) is -0.491. The van der Waals surface area contributed by atoms with E-state index in [0.29, 0.717) is 0 Å². The number of likely N-dealkylation sites (tertiary alicyclic amines) is 1. The number of sulfone groups is 1. The molecule has 0 radical (unpaired) electrons. The van der Waals surface area contributed by atoms with E-state index in [4.69, 9.17) is 0 Å². The first-order valence-electron chi connectivity index (χ1n) is 5.87. The van der Waals surface area contributed by atoms with E-state index in [0.717, 1.165) is 36.8 Å². The van der Waals surface area contributed by atoms with Gasteiger partial charge in [-0.2, -0.15) is 0 Å². The zero-order valence-corrected chi connectivity index (χ0v) is 10.8. The van der Waals surface area contributed by atoms with Crippen LogP contribution < -0.4 is 0 Å². The number of rotatable bonds is 3. The van der Waals surface area contributed by atoms with Gasteiger partial charge in [0.25, 0.3) is 0 Å². The van der Waals surface area contributed by atoms with E-state index in [1.165, 1.54) is 0 Å². The molecule has 5 nitrogen and oxygen atoms in total. The topological polar surface area (TPSA) is 71.5 Å². The van der Waals surface area contributed by atoms with Crippen LogP contribution in [0.15, 0.2) is 0 Å². The molecule has 6 heteroatoms. The van der Waals surface area contributed by atoms with Gasteiger partial charge in [0.1, 0.15) is 9.84 Å². The van der Waals surface area contributed by atoms with Crippen molar-refractivity contribution in [3.63, 3.8) is 0 Å². The van der Waals surface area contributed by atoms with Crippen LogP contribution in [0.1, 0.15) is 32.1 Å². The molecule has 1 aliphatic carbocycles. The first-order valence-corrected chi connectivity index (χ1v) is 7.93. The van der Waals surface area contributed by atoms with Crippen LogP contribution in [0.25, 0.3) is 0 Å². The maximum absolute atomic E-state index is 12.2. The Hall–Kier alpha value is -0.910. The summed E-state index contributed by atoms with van der Waals surface area (Å²) in [6, 6.07) is 0. The Morgan fingerprint density at radius 3 is 2.35 bits per heavy atom. The van der Waals surface area contributed by atoms with Crippen molar-refractivity contribution in [2.75, 3.05) is 18.6 Å². The number of hydrogen-bond donors (Lipinski definition) is 0. The van der Waals surface area contributed by atoms with E-state index < -0.39 is 15.3 Å². The molecule has 0 unspecified atom stereocenters. The van der Waals surface area contributed by atoms with E-state index in [1.807, 2.05) is 0 Å². The smallest absolute Gasteiger partial charge is 0.235 e. The Morgan fingerprint density at radius 1 is 1.24 bits per heavy atom. The van der Waals surface area contributed by atoms with Crippen LogP contribution in [0.4, 0.5) is 0 Å². The second-order valence-corrected chi connectivity index (χ2v) is 7.40. The molecule has 1 spiro atoms. The lowest BCUT2D eigenvalue weighted by atomic mass is 9.84. The first-order chi connectivity index (χ1) is 7.84. The van der Waals surface area contributed by atoms with Crippen LogP contribution in [0, 0.1) is 5.41 Å². The van der Waals surface area contributed by atoms with Gasteiger partial charge in [0.15, 0.2) is 0 Å². The van der Waals surface area contributed by atoms with Gasteiger partial charge in [-0.1, -0.05) is 12.8 Å². The normalized spacial score (nSPS) is 23.9. The van der Waals surface area contributed by atoms with Crippen LogP contribution in [-0.2, 0) is 19.4 Å². The number of carbonyl (C=O) groups excluding carboxylic acids is 2. The number of nitrogens with zero attached hydrogens (tertiary/aromatic N) is 1. The quantitative estimate of drug-likeness (QED) is 0.686. The number of hydrogen-bond acceptors (Lipinski definition) is 4. The largest absolute Gasteiger partial charge is 0.281 e. The molecule has 0 aromatic rings. The van der Waals surface area contributed by atoms with Gasteiger partial charge in [-0.25, -0.2) is 8.42 Å². The molecule has 0 bridgehead atoms. The van der Waals surface area contributed by atoms with Gasteiger partial charge in [0.05, 0.1) is 11.2 Å². The Labute approximate surface area is 101 Å². The van der Waals surface area contributed by atoms with Gasteiger partial charge < -0.3 is 0 Å². The van der Waals surface area contributed by atoms with Gasteiger partial charge in [-0.05, 0) is 12.8 Å². The fourth-order valence-corrected chi connectivity index (χ4v) is 3.30. The third kappa shape index (κ3) is 2.36. The molecule has 0 aromatic heterocycles. The van der Waals surface area contributed by atoms with Gasteiger partial charge >= 0.3 is 0 Å². The Bertz CT molecular complexity index is 448. The Balaban J connectivity index is 2.09. The summed E-state index contributed by atoms with van der Waals surface area (Å²) < 4.78 is 22.1. The molecule has 2 amide bonds. The van der Waals surface area contributed by atoms with Gasteiger partial charge in [-0.15, -0.1) is 0 Å². The monoisotopic (exact) mass is 259 g/mol. The summed E-state index contributed by atoms with van der Waals surface area (Å²) >= 11 is 0. The third-order valence-corrected chi connectivity index (χ3v) is 4.66. The third-order valence-electron chi connectivity index (χ3n) is 3.74. The highest BCUT2D eigenvalue weighted by Gasteiger charge is 2.52. The second kappa shape index (κ2) is 4.08. The summed E-state index contributed by atoms with van der Waals surface area (Å²) in [7, 11) is -3.14. The first kappa shape index (κ1) is 12.5. The molecule has 2 fully saturated rings. The zero-order chi connectivity index (χ0) is 12.7. The van der Waals surface area contributed by atoms with E-state index >= 15 is 0 Å². The lowest BCUT2D eigenvalue weighted by Gasteiger charge is -2.20. The minimum atomic E-state index is -3.14. The summed E-state index contributed by atoms with van der Waals surface area (Å²) in [6.07, 6.45) is 4.90. The highest BCUT2D eigenvalue weighted by molar-refractivity contribution is 7.90. The van der Waals surface area contributed by atoms with Crippen LogP contribution in [-0.4, -0.2) is 43.7 Å². The molecular weight excluding hydrogens is 242 g/mol. The van der Waals surface area contributed by atoms with Crippen molar-refractivity contribution >= 4 is 21.7 Å². The van der Waals surface area contributed by atoms with Gasteiger partial charge in [0.2, 0.25) is 11.8 Å². The minimum absolute atomic E-state index is 0.0122. The lowest BCUT2D eigenvalue weighted by Crippen LogP contribution is -2.37. The predicted molar refractivity (Wildman–Crippen MR) is 61.9 cm³/mol. The fourth-order valence-electron chi connectivity index (χ4n) is 2.79. The van der Waals surface area contributed by atoms with Crippen LogP contribution in [0.2, 0.25) is 0 Å². The van der Waals surface area contributed by atoms with Crippen LogP contribution in [0.3, 0.4) is 0 Å². The van der Waals surface area contributed by atoms with E-state index in [2.05, 4.69) is 0 Å². The molecule has 17 heavy (non-hydrogen) atoms. The predicted octanol–water partition coefficient (Wildman–Crippen LogP) is 0.350. The van der Waals surface area contributed by atoms with Gasteiger partial charge in [-0.3, -0.25) is 14.5 Å². The van der Waals surface area contributed by atoms with E-state index in [1.54, 1.807) is 0 Å². The zero-order valence-electron chi connectivity index (χ0n) is 9.94. The van der Waals surface area contributed by atoms with Crippen molar-refractivity contribution in [3.8, 4) is 0 Å². The molecule has 96 valence electrons. The second-order valence-electron chi connectivity index (χ2n) is 5.14. The van der Waals surface area contributed by atoms with Gasteiger partial charge in [0, 0.05) is 19.2 Å². The number of imide groups is 1. The maximum atomic E-state index is 12.2. The highest BCUT2D eigenvalue weighted by atomic mass is 32.2. The number of carbonyl (C=O) groups is 2. The average molecular weight is 259 g/mol. The molecule has 2 rings (SSSR count). The van der Waals surface area contributed by atoms with E-state index in [-0.39, 0.29) is 30.5 Å². The standard InChI is InChI=1S/C11H17NO4S/c1-17(15,16)7-6-12-9(13)8-11(10(12)14)4-2-3-5-11/h2-8H2,1H3. The van der Waals surface area contributed by atoms with Crippen molar-refractivity contribution in [1.29, 1.82) is 0 Å². The number of amides is 2. The van der Waals surface area contributed by atoms with Crippen molar-refractivity contribution in [2.45, 2.75) is 32.1 Å². The van der Waals surface area contributed by atoms with Crippen molar-refractivity contribution < 1.29 is 18.0 Å². The summed E-state index contributed by atoms with van der Waals surface area (Å²) in [4.78, 5) is 25.1.